The highest BCUT2D eigenvalue weighted by Crippen LogP contribution is 2.35. The molecule has 0 spiro atoms. The van der Waals surface area contributed by atoms with E-state index in [2.05, 4.69) is 10.6 Å². The first-order chi connectivity index (χ1) is 15.4. The molecule has 1 heterocycles. The molecule has 2 N–H and O–H groups in total. The van der Waals surface area contributed by atoms with Gasteiger partial charge in [-0.05, 0) is 67.6 Å². The third-order valence-electron chi connectivity index (χ3n) is 6.63. The first-order valence-electron chi connectivity index (χ1n) is 11.4. The molecule has 0 aromatic heterocycles. The average Bonchev–Trinajstić information content (AvgIpc) is 3.34. The van der Waals surface area contributed by atoms with Crippen LogP contribution in [-0.4, -0.2) is 25.2 Å². The molecule has 0 bridgehead atoms. The molecule has 2 fully saturated rings. The van der Waals surface area contributed by atoms with Gasteiger partial charge in [0.15, 0.2) is 0 Å². The van der Waals surface area contributed by atoms with Gasteiger partial charge in [0, 0.05) is 42.6 Å². The van der Waals surface area contributed by atoms with Crippen LogP contribution in [0.1, 0.15) is 44.1 Å². The van der Waals surface area contributed by atoms with Crippen LogP contribution < -0.4 is 15.5 Å². The third-order valence-corrected chi connectivity index (χ3v) is 6.63. The molecule has 2 aromatic rings. The quantitative estimate of drug-likeness (QED) is 0.572. The maximum Gasteiger partial charge on any atom is 0.391 e. The molecule has 2 aliphatic rings. The minimum atomic E-state index is -4.09. The second kappa shape index (κ2) is 9.84. The summed E-state index contributed by atoms with van der Waals surface area (Å²) in [4.78, 5) is 14.2. The Morgan fingerprint density at radius 1 is 0.875 bits per heavy atom. The van der Waals surface area contributed by atoms with Gasteiger partial charge in [0.1, 0.15) is 0 Å². The Bertz CT molecular complexity index is 882. The van der Waals surface area contributed by atoms with Gasteiger partial charge in [-0.2, -0.15) is 13.2 Å². The standard InChI is InChI=1S/C25H30F3N3O/c26-25(27,28)20-13-15-31(16-14-20)23-11-9-22(10-12-23)30-21-7-5-18(6-8-21)17-29-24(32)19-3-1-2-4-19/h5-12,19-20,30H,1-4,13-17H2,(H,29,32). The maximum absolute atomic E-state index is 12.9. The molecule has 0 atom stereocenters. The molecule has 0 radical (unpaired) electrons. The van der Waals surface area contributed by atoms with Crippen molar-refractivity contribution in [2.75, 3.05) is 23.3 Å². The molecule has 0 unspecified atom stereocenters. The average molecular weight is 446 g/mol. The lowest BCUT2D eigenvalue weighted by Crippen LogP contribution is -2.38. The Labute approximate surface area is 187 Å². The summed E-state index contributed by atoms with van der Waals surface area (Å²) in [6, 6.07) is 15.7. The summed E-state index contributed by atoms with van der Waals surface area (Å²) in [5.41, 5.74) is 3.86. The number of nitrogens with zero attached hydrogens (tertiary/aromatic N) is 1. The molecule has 1 saturated carbocycles. The Kier molecular flexibility index (Phi) is 6.92. The van der Waals surface area contributed by atoms with Crippen LogP contribution in [0.15, 0.2) is 48.5 Å². The Morgan fingerprint density at radius 3 is 2.00 bits per heavy atom. The van der Waals surface area contributed by atoms with Crippen molar-refractivity contribution < 1.29 is 18.0 Å². The molecule has 32 heavy (non-hydrogen) atoms. The van der Waals surface area contributed by atoms with Gasteiger partial charge < -0.3 is 15.5 Å². The van der Waals surface area contributed by atoms with E-state index in [4.69, 9.17) is 0 Å². The zero-order valence-corrected chi connectivity index (χ0v) is 18.1. The van der Waals surface area contributed by atoms with Gasteiger partial charge in [0.25, 0.3) is 0 Å². The number of hydrogen-bond donors (Lipinski definition) is 2. The lowest BCUT2D eigenvalue weighted by atomic mass is 9.96. The number of rotatable bonds is 6. The molecule has 172 valence electrons. The smallest absolute Gasteiger partial charge is 0.372 e. The van der Waals surface area contributed by atoms with Crippen LogP contribution in [0.25, 0.3) is 0 Å². The first kappa shape index (κ1) is 22.5. The summed E-state index contributed by atoms with van der Waals surface area (Å²) in [5.74, 6) is -0.846. The minimum Gasteiger partial charge on any atom is -0.372 e. The van der Waals surface area contributed by atoms with Crippen LogP contribution in [0.2, 0.25) is 0 Å². The van der Waals surface area contributed by atoms with E-state index in [9.17, 15) is 18.0 Å². The van der Waals surface area contributed by atoms with Crippen LogP contribution in [0.5, 0.6) is 0 Å². The van der Waals surface area contributed by atoms with E-state index in [1.807, 2.05) is 53.4 Å². The third kappa shape index (κ3) is 5.75. The van der Waals surface area contributed by atoms with Crippen LogP contribution in [0, 0.1) is 11.8 Å². The number of carbonyl (C=O) groups is 1. The van der Waals surface area contributed by atoms with Crippen molar-refractivity contribution in [2.24, 2.45) is 11.8 Å². The maximum atomic E-state index is 12.9. The van der Waals surface area contributed by atoms with Crippen molar-refractivity contribution in [3.8, 4) is 0 Å². The van der Waals surface area contributed by atoms with Gasteiger partial charge in [-0.25, -0.2) is 0 Å². The van der Waals surface area contributed by atoms with Gasteiger partial charge >= 0.3 is 6.18 Å². The van der Waals surface area contributed by atoms with Crippen molar-refractivity contribution in [2.45, 2.75) is 51.2 Å². The number of anilines is 3. The SMILES string of the molecule is O=C(NCc1ccc(Nc2ccc(N3CCC(C(F)(F)F)CC3)cc2)cc1)C1CCCC1. The van der Waals surface area contributed by atoms with Crippen LogP contribution in [-0.2, 0) is 11.3 Å². The predicted octanol–water partition coefficient (Wildman–Crippen LogP) is 6.02. The zero-order valence-electron chi connectivity index (χ0n) is 18.1. The van der Waals surface area contributed by atoms with E-state index in [0.29, 0.717) is 19.6 Å². The lowest BCUT2D eigenvalue weighted by molar-refractivity contribution is -0.179. The summed E-state index contributed by atoms with van der Waals surface area (Å²) in [7, 11) is 0. The van der Waals surface area contributed by atoms with Gasteiger partial charge in [0.2, 0.25) is 5.91 Å². The minimum absolute atomic E-state index is 0.150. The predicted molar refractivity (Wildman–Crippen MR) is 121 cm³/mol. The summed E-state index contributed by atoms with van der Waals surface area (Å²) in [5, 5.41) is 6.38. The number of amides is 1. The highest BCUT2D eigenvalue weighted by atomic mass is 19.4. The van der Waals surface area contributed by atoms with E-state index in [0.717, 1.165) is 48.3 Å². The number of hydrogen-bond acceptors (Lipinski definition) is 3. The van der Waals surface area contributed by atoms with Crippen molar-refractivity contribution in [3.63, 3.8) is 0 Å². The summed E-state index contributed by atoms with van der Waals surface area (Å²) in [6.45, 7) is 1.39. The topological polar surface area (TPSA) is 44.4 Å². The molecular weight excluding hydrogens is 415 g/mol. The molecule has 1 aliphatic heterocycles. The van der Waals surface area contributed by atoms with Gasteiger partial charge in [-0.15, -0.1) is 0 Å². The van der Waals surface area contributed by atoms with E-state index in [1.165, 1.54) is 0 Å². The van der Waals surface area contributed by atoms with Crippen molar-refractivity contribution in [1.29, 1.82) is 0 Å². The monoisotopic (exact) mass is 445 g/mol. The van der Waals surface area contributed by atoms with E-state index in [-0.39, 0.29) is 24.7 Å². The zero-order chi connectivity index (χ0) is 22.6. The molecule has 4 rings (SSSR count). The Morgan fingerprint density at radius 2 is 1.44 bits per heavy atom. The van der Waals surface area contributed by atoms with Crippen molar-refractivity contribution >= 4 is 23.0 Å². The largest absolute Gasteiger partial charge is 0.391 e. The number of piperidine rings is 1. The van der Waals surface area contributed by atoms with E-state index < -0.39 is 12.1 Å². The number of nitrogens with one attached hydrogen (secondary N) is 2. The van der Waals surface area contributed by atoms with Gasteiger partial charge in [-0.1, -0.05) is 25.0 Å². The highest BCUT2D eigenvalue weighted by molar-refractivity contribution is 5.78. The molecule has 2 aromatic carbocycles. The molecule has 1 saturated heterocycles. The molecule has 1 amide bonds. The van der Waals surface area contributed by atoms with E-state index in [1.54, 1.807) is 0 Å². The van der Waals surface area contributed by atoms with Crippen molar-refractivity contribution in [3.05, 3.63) is 54.1 Å². The number of carbonyl (C=O) groups excluding carboxylic acids is 1. The Hall–Kier alpha value is -2.70. The summed E-state index contributed by atoms with van der Waals surface area (Å²) >= 11 is 0. The summed E-state index contributed by atoms with van der Waals surface area (Å²) < 4.78 is 38.6. The molecular formula is C25H30F3N3O. The molecule has 1 aliphatic carbocycles. The molecule has 4 nitrogen and oxygen atoms in total. The normalized spacial score (nSPS) is 18.0. The first-order valence-corrected chi connectivity index (χ1v) is 11.4. The number of benzene rings is 2. The highest BCUT2D eigenvalue weighted by Gasteiger charge is 2.41. The van der Waals surface area contributed by atoms with Crippen LogP contribution in [0.4, 0.5) is 30.2 Å². The molecule has 7 heteroatoms. The van der Waals surface area contributed by atoms with E-state index >= 15 is 0 Å². The fourth-order valence-corrected chi connectivity index (χ4v) is 4.61. The number of alkyl halides is 3. The number of halogens is 3. The second-order valence-electron chi connectivity index (χ2n) is 8.87. The van der Waals surface area contributed by atoms with Crippen molar-refractivity contribution in [1.82, 2.24) is 5.32 Å². The Balaban J connectivity index is 1.26. The van der Waals surface area contributed by atoms with Crippen LogP contribution in [0.3, 0.4) is 0 Å². The fourth-order valence-electron chi connectivity index (χ4n) is 4.61. The van der Waals surface area contributed by atoms with Gasteiger partial charge in [-0.3, -0.25) is 4.79 Å². The second-order valence-corrected chi connectivity index (χ2v) is 8.87. The van der Waals surface area contributed by atoms with Crippen LogP contribution >= 0.6 is 0 Å². The lowest BCUT2D eigenvalue weighted by Gasteiger charge is -2.34. The fraction of sp³-hybridized carbons (Fsp3) is 0.480. The van der Waals surface area contributed by atoms with Gasteiger partial charge in [0.05, 0.1) is 5.92 Å². The summed E-state index contributed by atoms with van der Waals surface area (Å²) in [6.07, 6.45) is 0.509.